The van der Waals surface area contributed by atoms with E-state index < -0.39 is 0 Å². The van der Waals surface area contributed by atoms with Crippen LogP contribution in [0.15, 0.2) is 60.8 Å². The summed E-state index contributed by atoms with van der Waals surface area (Å²) in [5.41, 5.74) is 0. The smallest absolute Gasteiger partial charge is 0.243 e. The minimum absolute atomic E-state index is 0.0302. The Morgan fingerprint density at radius 3 is 2.15 bits per heavy atom. The highest BCUT2D eigenvalue weighted by atomic mass is 16.1. The van der Waals surface area contributed by atoms with E-state index in [0.29, 0.717) is 5.92 Å². The summed E-state index contributed by atoms with van der Waals surface area (Å²) >= 11 is 0. The first-order chi connectivity index (χ1) is 9.66. The summed E-state index contributed by atoms with van der Waals surface area (Å²) in [6.07, 6.45) is 21.5. The number of rotatable bonds is 9. The van der Waals surface area contributed by atoms with Crippen LogP contribution in [-0.4, -0.2) is 12.5 Å². The maximum Gasteiger partial charge on any atom is 0.243 e. The van der Waals surface area contributed by atoms with Crippen molar-refractivity contribution in [1.29, 1.82) is 0 Å². The van der Waals surface area contributed by atoms with E-state index in [9.17, 15) is 4.79 Å². The van der Waals surface area contributed by atoms with Gasteiger partial charge in [0.1, 0.15) is 0 Å². The van der Waals surface area contributed by atoms with Crippen molar-refractivity contribution >= 4 is 5.91 Å². The van der Waals surface area contributed by atoms with Crippen LogP contribution in [0.25, 0.3) is 0 Å². The molecule has 0 aromatic heterocycles. The molecule has 0 saturated carbocycles. The van der Waals surface area contributed by atoms with Gasteiger partial charge >= 0.3 is 0 Å². The van der Waals surface area contributed by atoms with Crippen molar-refractivity contribution in [2.24, 2.45) is 5.92 Å². The highest BCUT2D eigenvalue weighted by Gasteiger charge is 1.95. The number of nitrogens with one attached hydrogen (secondary N) is 1. The van der Waals surface area contributed by atoms with Crippen LogP contribution in [-0.2, 0) is 4.79 Å². The van der Waals surface area contributed by atoms with Crippen molar-refractivity contribution in [2.75, 3.05) is 6.54 Å². The maximum atomic E-state index is 11.4. The van der Waals surface area contributed by atoms with Crippen LogP contribution >= 0.6 is 0 Å². The summed E-state index contributed by atoms with van der Waals surface area (Å²) in [7, 11) is 0. The second kappa shape index (κ2) is 13.6. The fraction of sp³-hybridized carbons (Fsp3) is 0.389. The molecule has 1 N–H and O–H groups in total. The van der Waals surface area contributed by atoms with E-state index in [4.69, 9.17) is 0 Å². The van der Waals surface area contributed by atoms with E-state index in [0.717, 1.165) is 19.4 Å². The first-order valence-corrected chi connectivity index (χ1v) is 7.22. The van der Waals surface area contributed by atoms with Crippen molar-refractivity contribution in [3.63, 3.8) is 0 Å². The Balaban J connectivity index is 3.68. The Bertz CT molecular complexity index is 384. The lowest BCUT2D eigenvalue weighted by Crippen LogP contribution is -2.25. The Labute approximate surface area is 123 Å². The van der Waals surface area contributed by atoms with E-state index in [1.165, 1.54) is 0 Å². The Morgan fingerprint density at radius 1 is 0.950 bits per heavy atom. The average molecular weight is 273 g/mol. The zero-order chi connectivity index (χ0) is 15.1. The summed E-state index contributed by atoms with van der Waals surface area (Å²) in [5, 5.41) is 2.83. The highest BCUT2D eigenvalue weighted by Crippen LogP contribution is 1.94. The SMILES string of the molecule is C/C=C/C=C/C=CCC/C=C/C=C/C(=O)NCC(C)C. The summed E-state index contributed by atoms with van der Waals surface area (Å²) in [4.78, 5) is 11.4. The molecule has 0 aromatic carbocycles. The van der Waals surface area contributed by atoms with Gasteiger partial charge in [0, 0.05) is 12.6 Å². The summed E-state index contributed by atoms with van der Waals surface area (Å²) < 4.78 is 0. The van der Waals surface area contributed by atoms with Crippen molar-refractivity contribution in [3.05, 3.63) is 60.8 Å². The zero-order valence-corrected chi connectivity index (χ0v) is 12.9. The van der Waals surface area contributed by atoms with E-state index in [1.807, 2.05) is 43.4 Å². The fourth-order valence-corrected chi connectivity index (χ4v) is 1.29. The van der Waals surface area contributed by atoms with Gasteiger partial charge in [-0.05, 0) is 25.7 Å². The Hall–Kier alpha value is -1.83. The molecule has 0 aromatic rings. The number of hydrogen-bond acceptors (Lipinski definition) is 1. The van der Waals surface area contributed by atoms with Crippen molar-refractivity contribution in [3.8, 4) is 0 Å². The van der Waals surface area contributed by atoms with Crippen LogP contribution in [0.3, 0.4) is 0 Å². The lowest BCUT2D eigenvalue weighted by molar-refractivity contribution is -0.116. The van der Waals surface area contributed by atoms with Crippen molar-refractivity contribution in [2.45, 2.75) is 33.6 Å². The molecular weight excluding hydrogens is 246 g/mol. The van der Waals surface area contributed by atoms with Crippen LogP contribution in [0.4, 0.5) is 0 Å². The molecule has 2 nitrogen and oxygen atoms in total. The lowest BCUT2D eigenvalue weighted by Gasteiger charge is -2.03. The fourth-order valence-electron chi connectivity index (χ4n) is 1.29. The molecule has 0 aliphatic carbocycles. The van der Waals surface area contributed by atoms with Gasteiger partial charge in [0.15, 0.2) is 0 Å². The third-order valence-electron chi connectivity index (χ3n) is 2.34. The first kappa shape index (κ1) is 18.2. The van der Waals surface area contributed by atoms with Gasteiger partial charge in [0.2, 0.25) is 5.91 Å². The number of amides is 1. The lowest BCUT2D eigenvalue weighted by atomic mass is 10.2. The molecular formula is C18H27NO. The highest BCUT2D eigenvalue weighted by molar-refractivity contribution is 5.87. The third kappa shape index (κ3) is 14.2. The van der Waals surface area contributed by atoms with Gasteiger partial charge in [-0.25, -0.2) is 0 Å². The molecule has 0 spiro atoms. The molecule has 20 heavy (non-hydrogen) atoms. The standard InChI is InChI=1S/C18H27NO/c1-4-5-6-7-8-9-10-11-12-13-14-15-18(20)19-16-17(2)3/h4-9,12-15,17H,10-11,16H2,1-3H3,(H,19,20)/b5-4+,7-6+,9-8?,13-12+,15-14+. The van der Waals surface area contributed by atoms with Crippen molar-refractivity contribution in [1.82, 2.24) is 5.32 Å². The molecule has 0 aliphatic heterocycles. The van der Waals surface area contributed by atoms with Crippen LogP contribution in [0.1, 0.15) is 33.6 Å². The van der Waals surface area contributed by atoms with Crippen molar-refractivity contribution < 1.29 is 4.79 Å². The van der Waals surface area contributed by atoms with E-state index in [2.05, 4.69) is 31.3 Å². The number of carbonyl (C=O) groups is 1. The number of hydrogen-bond donors (Lipinski definition) is 1. The van der Waals surface area contributed by atoms with Gasteiger partial charge in [0.05, 0.1) is 0 Å². The summed E-state index contributed by atoms with van der Waals surface area (Å²) in [6, 6.07) is 0. The second-order valence-electron chi connectivity index (χ2n) is 4.84. The largest absolute Gasteiger partial charge is 0.352 e. The first-order valence-electron chi connectivity index (χ1n) is 7.22. The quantitative estimate of drug-likeness (QED) is 0.378. The molecule has 0 atom stereocenters. The minimum Gasteiger partial charge on any atom is -0.352 e. The van der Waals surface area contributed by atoms with Gasteiger partial charge in [-0.3, -0.25) is 4.79 Å². The van der Waals surface area contributed by atoms with E-state index >= 15 is 0 Å². The topological polar surface area (TPSA) is 29.1 Å². The molecule has 0 unspecified atom stereocenters. The Morgan fingerprint density at radius 2 is 1.55 bits per heavy atom. The molecule has 0 rings (SSSR count). The van der Waals surface area contributed by atoms with Gasteiger partial charge < -0.3 is 5.32 Å². The number of carbonyl (C=O) groups excluding carboxylic acids is 1. The monoisotopic (exact) mass is 273 g/mol. The average Bonchev–Trinajstić information content (AvgIpc) is 2.42. The van der Waals surface area contributed by atoms with Gasteiger partial charge in [-0.15, -0.1) is 0 Å². The number of unbranched alkanes of at least 4 members (excludes halogenated alkanes) is 1. The normalized spacial score (nSPS) is 13.0. The minimum atomic E-state index is -0.0302. The molecule has 2 heteroatoms. The molecule has 0 radical (unpaired) electrons. The zero-order valence-electron chi connectivity index (χ0n) is 12.9. The molecule has 0 heterocycles. The molecule has 0 aliphatic rings. The summed E-state index contributed by atoms with van der Waals surface area (Å²) in [6.45, 7) is 6.87. The second-order valence-corrected chi connectivity index (χ2v) is 4.84. The predicted octanol–water partition coefficient (Wildman–Crippen LogP) is 4.34. The Kier molecular flexibility index (Phi) is 12.4. The van der Waals surface area contributed by atoms with E-state index in [1.54, 1.807) is 12.2 Å². The van der Waals surface area contributed by atoms with Crippen LogP contribution in [0, 0.1) is 5.92 Å². The van der Waals surface area contributed by atoms with Gasteiger partial charge in [0.25, 0.3) is 0 Å². The predicted molar refractivity (Wildman–Crippen MR) is 88.5 cm³/mol. The van der Waals surface area contributed by atoms with Gasteiger partial charge in [-0.1, -0.05) is 68.5 Å². The molecule has 0 saturated heterocycles. The molecule has 0 fully saturated rings. The van der Waals surface area contributed by atoms with Gasteiger partial charge in [-0.2, -0.15) is 0 Å². The van der Waals surface area contributed by atoms with E-state index in [-0.39, 0.29) is 5.91 Å². The van der Waals surface area contributed by atoms with Crippen LogP contribution in [0.2, 0.25) is 0 Å². The van der Waals surface area contributed by atoms with Crippen LogP contribution < -0.4 is 5.32 Å². The molecule has 0 bridgehead atoms. The third-order valence-corrected chi connectivity index (χ3v) is 2.34. The molecule has 110 valence electrons. The van der Waals surface area contributed by atoms with Crippen LogP contribution in [0.5, 0.6) is 0 Å². The number of allylic oxidation sites excluding steroid dienone is 9. The maximum absolute atomic E-state index is 11.4. The summed E-state index contributed by atoms with van der Waals surface area (Å²) in [5.74, 6) is 0.453. The molecule has 1 amide bonds.